The molecule has 1 saturated carbocycles. The normalized spacial score (nSPS) is 21.8. The van der Waals surface area contributed by atoms with Crippen LogP contribution in [0.2, 0.25) is 0 Å². The lowest BCUT2D eigenvalue weighted by Gasteiger charge is -2.26. The summed E-state index contributed by atoms with van der Waals surface area (Å²) in [5.74, 6) is 0.690. The van der Waals surface area contributed by atoms with Crippen LogP contribution >= 0.6 is 0 Å². The van der Waals surface area contributed by atoms with Gasteiger partial charge in [-0.3, -0.25) is 4.79 Å². The summed E-state index contributed by atoms with van der Waals surface area (Å²) >= 11 is 0. The summed E-state index contributed by atoms with van der Waals surface area (Å²) in [6.07, 6.45) is 9.70. The fourth-order valence-electron chi connectivity index (χ4n) is 3.58. The molecule has 1 aliphatic carbocycles. The topological polar surface area (TPSA) is 55.1 Å². The molecule has 0 saturated heterocycles. The van der Waals surface area contributed by atoms with E-state index in [0.29, 0.717) is 12.3 Å². The van der Waals surface area contributed by atoms with Gasteiger partial charge in [-0.15, -0.1) is 0 Å². The third kappa shape index (κ3) is 2.88. The third-order valence-corrected chi connectivity index (χ3v) is 4.80. The number of carbonyl (C=O) groups is 1. The van der Waals surface area contributed by atoms with Crippen molar-refractivity contribution >= 4 is 11.6 Å². The quantitative estimate of drug-likeness (QED) is 0.865. The second-order valence-electron chi connectivity index (χ2n) is 6.27. The highest BCUT2D eigenvalue weighted by atomic mass is 16.1. The van der Waals surface area contributed by atoms with E-state index in [0.717, 1.165) is 11.3 Å². The molecule has 1 aliphatic heterocycles. The van der Waals surface area contributed by atoms with E-state index in [1.165, 1.54) is 50.5 Å². The van der Waals surface area contributed by atoms with E-state index in [2.05, 4.69) is 17.4 Å². The van der Waals surface area contributed by atoms with Gasteiger partial charge in [-0.2, -0.15) is 0 Å². The van der Waals surface area contributed by atoms with Crippen LogP contribution in [-0.4, -0.2) is 5.91 Å². The van der Waals surface area contributed by atoms with Gasteiger partial charge in [0.05, 0.1) is 6.42 Å². The van der Waals surface area contributed by atoms with Crippen LogP contribution in [0, 0.1) is 5.92 Å². The zero-order valence-corrected chi connectivity index (χ0v) is 12.0. The van der Waals surface area contributed by atoms with Crippen molar-refractivity contribution in [2.24, 2.45) is 11.7 Å². The molecule has 1 aromatic rings. The molecule has 0 spiro atoms. The first-order chi connectivity index (χ1) is 9.74. The number of amides is 1. The predicted octanol–water partition coefficient (Wildman–Crippen LogP) is 3.54. The van der Waals surface area contributed by atoms with Crippen LogP contribution in [0.5, 0.6) is 0 Å². The average Bonchev–Trinajstić information content (AvgIpc) is 2.76. The Kier molecular flexibility index (Phi) is 4.06. The van der Waals surface area contributed by atoms with Crippen LogP contribution in [0.3, 0.4) is 0 Å². The van der Waals surface area contributed by atoms with Gasteiger partial charge in [0.2, 0.25) is 5.91 Å². The van der Waals surface area contributed by atoms with Crippen LogP contribution in [-0.2, 0) is 11.2 Å². The first-order valence-corrected chi connectivity index (χ1v) is 7.92. The Balaban J connectivity index is 1.74. The summed E-state index contributed by atoms with van der Waals surface area (Å²) < 4.78 is 0. The van der Waals surface area contributed by atoms with Crippen molar-refractivity contribution in [1.29, 1.82) is 0 Å². The van der Waals surface area contributed by atoms with E-state index < -0.39 is 0 Å². The van der Waals surface area contributed by atoms with Gasteiger partial charge in [-0.25, -0.2) is 0 Å². The maximum Gasteiger partial charge on any atom is 0.228 e. The van der Waals surface area contributed by atoms with Crippen molar-refractivity contribution in [2.45, 2.75) is 57.4 Å². The van der Waals surface area contributed by atoms with Crippen molar-refractivity contribution < 1.29 is 4.79 Å². The van der Waals surface area contributed by atoms with Crippen LogP contribution in [0.25, 0.3) is 0 Å². The van der Waals surface area contributed by atoms with Gasteiger partial charge >= 0.3 is 0 Å². The predicted molar refractivity (Wildman–Crippen MR) is 81.5 cm³/mol. The minimum Gasteiger partial charge on any atom is -0.326 e. The van der Waals surface area contributed by atoms with Crippen LogP contribution in [0.4, 0.5) is 5.69 Å². The molecule has 3 nitrogen and oxygen atoms in total. The number of hydrogen-bond donors (Lipinski definition) is 2. The van der Waals surface area contributed by atoms with Crippen molar-refractivity contribution in [3.05, 3.63) is 29.3 Å². The highest BCUT2D eigenvalue weighted by molar-refractivity contribution is 5.99. The molecule has 1 aromatic carbocycles. The molecule has 20 heavy (non-hydrogen) atoms. The van der Waals surface area contributed by atoms with E-state index in [-0.39, 0.29) is 11.9 Å². The number of benzene rings is 1. The SMILES string of the molecule is NC(c1ccc2c(c1)CC(=O)N2)C1CCCCCCC1. The van der Waals surface area contributed by atoms with Crippen LogP contribution in [0.1, 0.15) is 62.1 Å². The van der Waals surface area contributed by atoms with Crippen LogP contribution in [0.15, 0.2) is 18.2 Å². The Labute approximate surface area is 120 Å². The number of hydrogen-bond acceptors (Lipinski definition) is 2. The largest absolute Gasteiger partial charge is 0.326 e. The number of rotatable bonds is 2. The molecule has 1 unspecified atom stereocenters. The van der Waals surface area contributed by atoms with Gasteiger partial charge in [0, 0.05) is 11.7 Å². The zero-order valence-electron chi connectivity index (χ0n) is 12.0. The van der Waals surface area contributed by atoms with E-state index in [4.69, 9.17) is 5.73 Å². The second kappa shape index (κ2) is 5.96. The molecule has 3 rings (SSSR count). The Morgan fingerprint density at radius 1 is 1.10 bits per heavy atom. The van der Waals surface area contributed by atoms with Gasteiger partial charge < -0.3 is 11.1 Å². The molecule has 3 heteroatoms. The fraction of sp³-hybridized carbons (Fsp3) is 0.588. The Hall–Kier alpha value is -1.35. The molecular weight excluding hydrogens is 248 g/mol. The number of nitrogens with two attached hydrogens (primary N) is 1. The molecule has 1 atom stereocenters. The second-order valence-corrected chi connectivity index (χ2v) is 6.27. The minimum absolute atomic E-state index is 0.0941. The maximum atomic E-state index is 11.4. The Bertz CT molecular complexity index is 490. The lowest BCUT2D eigenvalue weighted by molar-refractivity contribution is -0.115. The Morgan fingerprint density at radius 3 is 2.55 bits per heavy atom. The number of nitrogens with one attached hydrogen (secondary N) is 1. The van der Waals surface area contributed by atoms with Crippen molar-refractivity contribution in [3.8, 4) is 0 Å². The molecule has 1 fully saturated rings. The highest BCUT2D eigenvalue weighted by Gasteiger charge is 2.23. The maximum absolute atomic E-state index is 11.4. The highest BCUT2D eigenvalue weighted by Crippen LogP contribution is 2.33. The lowest BCUT2D eigenvalue weighted by atomic mass is 9.83. The molecule has 0 radical (unpaired) electrons. The summed E-state index contributed by atoms with van der Waals surface area (Å²) in [6, 6.07) is 6.36. The lowest BCUT2D eigenvalue weighted by Crippen LogP contribution is -2.22. The smallest absolute Gasteiger partial charge is 0.228 e. The van der Waals surface area contributed by atoms with Crippen molar-refractivity contribution in [2.75, 3.05) is 5.32 Å². The molecule has 0 aromatic heterocycles. The first kappa shape index (κ1) is 13.6. The van der Waals surface area contributed by atoms with Gasteiger partial charge in [0.1, 0.15) is 0 Å². The summed E-state index contributed by atoms with van der Waals surface area (Å²) in [7, 11) is 0. The summed E-state index contributed by atoms with van der Waals surface area (Å²) in [5.41, 5.74) is 9.78. The summed E-state index contributed by atoms with van der Waals surface area (Å²) in [4.78, 5) is 11.4. The minimum atomic E-state index is 0.0941. The molecule has 3 N–H and O–H groups in total. The fourth-order valence-corrected chi connectivity index (χ4v) is 3.58. The number of fused-ring (bicyclic) bond motifs is 1. The van der Waals surface area contributed by atoms with Crippen molar-refractivity contribution in [3.63, 3.8) is 0 Å². The van der Waals surface area contributed by atoms with Gasteiger partial charge in [0.25, 0.3) is 0 Å². The van der Waals surface area contributed by atoms with Crippen molar-refractivity contribution in [1.82, 2.24) is 0 Å². The van der Waals surface area contributed by atoms with Crippen LogP contribution < -0.4 is 11.1 Å². The number of carbonyl (C=O) groups excluding carboxylic acids is 1. The summed E-state index contributed by atoms with van der Waals surface area (Å²) in [5, 5.41) is 2.88. The first-order valence-electron chi connectivity index (χ1n) is 7.92. The summed E-state index contributed by atoms with van der Waals surface area (Å²) in [6.45, 7) is 0. The molecular formula is C17H24N2O. The van der Waals surface area contributed by atoms with E-state index in [9.17, 15) is 4.79 Å². The monoisotopic (exact) mass is 272 g/mol. The third-order valence-electron chi connectivity index (χ3n) is 4.80. The molecule has 2 aliphatic rings. The number of anilines is 1. The zero-order chi connectivity index (χ0) is 13.9. The molecule has 1 heterocycles. The van der Waals surface area contributed by atoms with E-state index in [1.807, 2.05) is 6.07 Å². The molecule has 108 valence electrons. The van der Waals surface area contributed by atoms with Gasteiger partial charge in [-0.05, 0) is 36.0 Å². The standard InChI is InChI=1S/C17H24N2O/c18-17(12-6-4-2-1-3-5-7-12)13-8-9-15-14(10-13)11-16(20)19-15/h8-10,12,17H,1-7,11,18H2,(H,19,20). The van der Waals surface area contributed by atoms with E-state index in [1.54, 1.807) is 0 Å². The average molecular weight is 272 g/mol. The van der Waals surface area contributed by atoms with E-state index >= 15 is 0 Å². The Morgan fingerprint density at radius 2 is 1.80 bits per heavy atom. The molecule has 0 bridgehead atoms. The molecule has 1 amide bonds. The van der Waals surface area contributed by atoms with Gasteiger partial charge in [0.15, 0.2) is 0 Å². The van der Waals surface area contributed by atoms with Gasteiger partial charge in [-0.1, -0.05) is 44.2 Å².